The van der Waals surface area contributed by atoms with Crippen LogP contribution in [0.3, 0.4) is 0 Å². The van der Waals surface area contributed by atoms with E-state index in [0.29, 0.717) is 24.7 Å². The number of nitrogens with one attached hydrogen (secondary N) is 2. The molecule has 0 radical (unpaired) electrons. The van der Waals surface area contributed by atoms with Crippen LogP contribution < -0.4 is 5.32 Å². The average Bonchev–Trinajstić information content (AvgIpc) is 3.43. The van der Waals surface area contributed by atoms with Crippen molar-refractivity contribution in [2.24, 2.45) is 4.99 Å². The van der Waals surface area contributed by atoms with Crippen molar-refractivity contribution in [2.45, 2.75) is 31.6 Å². The molecule has 27 heavy (non-hydrogen) atoms. The van der Waals surface area contributed by atoms with Crippen molar-refractivity contribution in [1.82, 2.24) is 25.4 Å². The fourth-order valence-electron chi connectivity index (χ4n) is 3.37. The van der Waals surface area contributed by atoms with Crippen molar-refractivity contribution in [3.8, 4) is 11.6 Å². The number of H-pyrrole nitrogens is 1. The second-order valence-electron chi connectivity index (χ2n) is 6.39. The average molecular weight is 488 g/mol. The molecule has 0 aromatic carbocycles. The second-order valence-corrected chi connectivity index (χ2v) is 6.39. The SMILES string of the molecule is CN=C(NCc1nc(-c2ccco2)n[nH]1)N1CCOC(C2CCCO2)C1.I. The van der Waals surface area contributed by atoms with Crippen molar-refractivity contribution in [2.75, 3.05) is 33.4 Å². The van der Waals surface area contributed by atoms with E-state index in [1.54, 1.807) is 13.3 Å². The summed E-state index contributed by atoms with van der Waals surface area (Å²) in [5.41, 5.74) is 0. The molecule has 0 amide bonds. The highest BCUT2D eigenvalue weighted by molar-refractivity contribution is 14.0. The van der Waals surface area contributed by atoms with E-state index >= 15 is 0 Å². The molecule has 2 aromatic heterocycles. The van der Waals surface area contributed by atoms with E-state index in [0.717, 1.165) is 44.3 Å². The number of aromatic amines is 1. The summed E-state index contributed by atoms with van der Waals surface area (Å²) in [6.45, 7) is 3.59. The van der Waals surface area contributed by atoms with Gasteiger partial charge in [0.2, 0.25) is 5.82 Å². The summed E-state index contributed by atoms with van der Waals surface area (Å²) in [6, 6.07) is 3.65. The summed E-state index contributed by atoms with van der Waals surface area (Å²) < 4.78 is 17.0. The van der Waals surface area contributed by atoms with Crippen LogP contribution in [0.15, 0.2) is 27.8 Å². The number of guanidine groups is 1. The summed E-state index contributed by atoms with van der Waals surface area (Å²) in [7, 11) is 1.79. The van der Waals surface area contributed by atoms with Crippen LogP contribution in [0.1, 0.15) is 18.7 Å². The molecule has 0 bridgehead atoms. The molecule has 0 saturated carbocycles. The largest absolute Gasteiger partial charge is 0.461 e. The molecule has 2 unspecified atom stereocenters. The first kappa shape index (κ1) is 20.1. The van der Waals surface area contributed by atoms with Gasteiger partial charge in [-0.15, -0.1) is 29.1 Å². The third-order valence-corrected chi connectivity index (χ3v) is 4.67. The van der Waals surface area contributed by atoms with E-state index in [2.05, 4.69) is 30.4 Å². The van der Waals surface area contributed by atoms with Crippen LogP contribution in [0.25, 0.3) is 11.6 Å². The first-order chi connectivity index (χ1) is 12.8. The minimum atomic E-state index is 0. The van der Waals surface area contributed by atoms with Crippen LogP contribution in [0, 0.1) is 0 Å². The predicted molar refractivity (Wildman–Crippen MR) is 110 cm³/mol. The zero-order chi connectivity index (χ0) is 17.8. The van der Waals surface area contributed by atoms with Gasteiger partial charge >= 0.3 is 0 Å². The molecular weight excluding hydrogens is 463 g/mol. The van der Waals surface area contributed by atoms with E-state index in [1.807, 2.05) is 12.1 Å². The Labute approximate surface area is 174 Å². The van der Waals surface area contributed by atoms with E-state index in [1.165, 1.54) is 0 Å². The number of aromatic nitrogens is 3. The first-order valence-corrected chi connectivity index (χ1v) is 8.97. The lowest BCUT2D eigenvalue weighted by Crippen LogP contribution is -2.53. The Bertz CT molecular complexity index is 729. The number of halogens is 1. The zero-order valence-electron chi connectivity index (χ0n) is 15.3. The lowest BCUT2D eigenvalue weighted by Gasteiger charge is -2.37. The highest BCUT2D eigenvalue weighted by atomic mass is 127. The smallest absolute Gasteiger partial charge is 0.216 e. The molecule has 2 aliphatic rings. The number of aliphatic imine (C=N–C) groups is 1. The highest BCUT2D eigenvalue weighted by Crippen LogP contribution is 2.21. The molecule has 2 saturated heterocycles. The van der Waals surface area contributed by atoms with Crippen molar-refractivity contribution >= 4 is 29.9 Å². The van der Waals surface area contributed by atoms with Gasteiger partial charge in [0.1, 0.15) is 11.9 Å². The molecular formula is C17H25IN6O3. The predicted octanol–water partition coefficient (Wildman–Crippen LogP) is 1.64. The molecule has 2 fully saturated rings. The van der Waals surface area contributed by atoms with Gasteiger partial charge in [0.15, 0.2) is 11.7 Å². The van der Waals surface area contributed by atoms with Gasteiger partial charge in [0.25, 0.3) is 0 Å². The molecule has 2 aliphatic heterocycles. The van der Waals surface area contributed by atoms with Crippen molar-refractivity contribution in [3.05, 3.63) is 24.2 Å². The number of furan rings is 1. The van der Waals surface area contributed by atoms with Gasteiger partial charge in [-0.3, -0.25) is 10.1 Å². The van der Waals surface area contributed by atoms with Crippen LogP contribution in [0.4, 0.5) is 0 Å². The molecule has 2 N–H and O–H groups in total. The van der Waals surface area contributed by atoms with Crippen LogP contribution in [-0.4, -0.2) is 71.6 Å². The van der Waals surface area contributed by atoms with E-state index in [9.17, 15) is 0 Å². The molecule has 2 atom stereocenters. The fourth-order valence-corrected chi connectivity index (χ4v) is 3.37. The van der Waals surface area contributed by atoms with Gasteiger partial charge in [0.05, 0.1) is 25.5 Å². The lowest BCUT2D eigenvalue weighted by molar-refractivity contribution is -0.0817. The summed E-state index contributed by atoms with van der Waals surface area (Å²) >= 11 is 0. The number of hydrogen-bond acceptors (Lipinski definition) is 6. The van der Waals surface area contributed by atoms with Crippen LogP contribution >= 0.6 is 24.0 Å². The topological polar surface area (TPSA) is 101 Å². The van der Waals surface area contributed by atoms with Crippen molar-refractivity contribution in [3.63, 3.8) is 0 Å². The normalized spacial score (nSPS) is 23.3. The van der Waals surface area contributed by atoms with Gasteiger partial charge in [-0.25, -0.2) is 4.98 Å². The summed E-state index contributed by atoms with van der Waals surface area (Å²) in [5.74, 6) is 2.74. The number of morpholine rings is 1. The molecule has 0 aliphatic carbocycles. The number of ether oxygens (including phenoxy) is 2. The van der Waals surface area contributed by atoms with Crippen LogP contribution in [0.2, 0.25) is 0 Å². The van der Waals surface area contributed by atoms with Crippen LogP contribution in [0.5, 0.6) is 0 Å². The van der Waals surface area contributed by atoms with Gasteiger partial charge in [-0.1, -0.05) is 0 Å². The Morgan fingerprint density at radius 2 is 2.26 bits per heavy atom. The second kappa shape index (κ2) is 9.51. The van der Waals surface area contributed by atoms with E-state index < -0.39 is 0 Å². The Morgan fingerprint density at radius 3 is 3.00 bits per heavy atom. The zero-order valence-corrected chi connectivity index (χ0v) is 17.6. The summed E-state index contributed by atoms with van der Waals surface area (Å²) in [6.07, 6.45) is 4.08. The maximum Gasteiger partial charge on any atom is 0.216 e. The standard InChI is InChI=1S/C17H24N6O3.HI/c1-18-17(23-6-9-26-14(11-23)12-4-2-7-24-12)19-10-15-20-16(22-21-15)13-5-3-8-25-13;/h3,5,8,12,14H,2,4,6-7,9-11H2,1H3,(H,18,19)(H,20,21,22);1H. The number of nitrogens with zero attached hydrogens (tertiary/aromatic N) is 4. The summed E-state index contributed by atoms with van der Waals surface area (Å²) in [4.78, 5) is 11.0. The lowest BCUT2D eigenvalue weighted by atomic mass is 10.1. The Hall–Kier alpha value is -1.66. The minimum absolute atomic E-state index is 0. The van der Waals surface area contributed by atoms with Gasteiger partial charge in [-0.05, 0) is 25.0 Å². The van der Waals surface area contributed by atoms with Crippen molar-refractivity contribution < 1.29 is 13.9 Å². The Balaban J connectivity index is 0.00000210. The molecule has 10 heteroatoms. The molecule has 0 spiro atoms. The van der Waals surface area contributed by atoms with Crippen molar-refractivity contribution in [1.29, 1.82) is 0 Å². The highest BCUT2D eigenvalue weighted by Gasteiger charge is 2.32. The fraction of sp³-hybridized carbons (Fsp3) is 0.588. The van der Waals surface area contributed by atoms with Crippen LogP contribution in [-0.2, 0) is 16.0 Å². The minimum Gasteiger partial charge on any atom is -0.461 e. The quantitative estimate of drug-likeness (QED) is 0.384. The molecule has 4 rings (SSSR count). The third kappa shape index (κ3) is 4.79. The van der Waals surface area contributed by atoms with Gasteiger partial charge in [-0.2, -0.15) is 0 Å². The maximum absolute atomic E-state index is 5.91. The Kier molecular flexibility index (Phi) is 7.07. The van der Waals surface area contributed by atoms with E-state index in [4.69, 9.17) is 13.9 Å². The van der Waals surface area contributed by atoms with Gasteiger partial charge in [0, 0.05) is 26.7 Å². The first-order valence-electron chi connectivity index (χ1n) is 8.97. The van der Waals surface area contributed by atoms with Gasteiger partial charge < -0.3 is 24.1 Å². The molecule has 9 nitrogen and oxygen atoms in total. The maximum atomic E-state index is 5.91. The third-order valence-electron chi connectivity index (χ3n) is 4.67. The monoisotopic (exact) mass is 488 g/mol. The summed E-state index contributed by atoms with van der Waals surface area (Å²) in [5, 5.41) is 10.4. The molecule has 148 valence electrons. The van der Waals surface area contributed by atoms with E-state index in [-0.39, 0.29) is 36.2 Å². The molecule has 2 aromatic rings. The Morgan fingerprint density at radius 1 is 1.37 bits per heavy atom. The molecule has 4 heterocycles. The number of hydrogen-bond donors (Lipinski definition) is 2. The number of rotatable bonds is 4.